The standard InChI is InChI=1S/C25H31NO7S/c1-25(2,33-20-12-7-8-13-21(20)34(3,29)30)24-31-17-19(10-5-4-6-14-22(27)28)23(32-24)18-11-9-15-26-16-18/h4-5,7-9,11-13,15-16,19,23-24H,6,10,14,17H2,1-3H3,(H,27,28)/b5-4-/t19-,23-,24+/m1/s1. The van der Waals surface area contributed by atoms with E-state index in [1.54, 1.807) is 44.4 Å². The molecule has 2 heterocycles. The second-order valence-electron chi connectivity index (χ2n) is 8.83. The van der Waals surface area contributed by atoms with E-state index in [0.717, 1.165) is 11.8 Å². The Morgan fingerprint density at radius 2 is 2.00 bits per heavy atom. The van der Waals surface area contributed by atoms with Gasteiger partial charge >= 0.3 is 5.97 Å². The van der Waals surface area contributed by atoms with E-state index in [9.17, 15) is 13.2 Å². The SMILES string of the molecule is CC(C)(Oc1ccccc1S(C)(=O)=O)[C@H]1OC[C@@H](C/C=C\CCC(=O)O)[C@@H](c2cccnc2)O1. The van der Waals surface area contributed by atoms with Crippen LogP contribution in [-0.4, -0.2) is 49.2 Å². The fraction of sp³-hybridized carbons (Fsp3) is 0.440. The van der Waals surface area contributed by atoms with Gasteiger partial charge in [-0.25, -0.2) is 8.42 Å². The number of ether oxygens (including phenoxy) is 3. The van der Waals surface area contributed by atoms with E-state index in [1.807, 2.05) is 24.3 Å². The molecule has 0 aliphatic carbocycles. The van der Waals surface area contributed by atoms with Crippen LogP contribution < -0.4 is 4.74 Å². The zero-order valence-corrected chi connectivity index (χ0v) is 20.4. The van der Waals surface area contributed by atoms with Crippen LogP contribution in [0.25, 0.3) is 0 Å². The first-order valence-corrected chi connectivity index (χ1v) is 13.0. The van der Waals surface area contributed by atoms with Crippen LogP contribution in [0.2, 0.25) is 0 Å². The second kappa shape index (κ2) is 11.1. The summed E-state index contributed by atoms with van der Waals surface area (Å²) in [4.78, 5) is 15.0. The molecular formula is C25H31NO7S. The highest BCUT2D eigenvalue weighted by Crippen LogP contribution is 2.39. The molecule has 0 unspecified atom stereocenters. The topological polar surface area (TPSA) is 112 Å². The Bertz CT molecular complexity index is 1100. The minimum atomic E-state index is -3.48. The number of aromatic nitrogens is 1. The number of hydrogen-bond donors (Lipinski definition) is 1. The first-order valence-electron chi connectivity index (χ1n) is 11.1. The lowest BCUT2D eigenvalue weighted by atomic mass is 9.92. The molecule has 184 valence electrons. The smallest absolute Gasteiger partial charge is 0.303 e. The quantitative estimate of drug-likeness (QED) is 0.495. The number of sulfone groups is 1. The molecule has 34 heavy (non-hydrogen) atoms. The molecule has 3 rings (SSSR count). The molecule has 3 atom stereocenters. The Morgan fingerprint density at radius 3 is 2.68 bits per heavy atom. The lowest BCUT2D eigenvalue weighted by Gasteiger charge is -2.43. The van der Waals surface area contributed by atoms with Gasteiger partial charge in [0, 0.05) is 31.0 Å². The third-order valence-electron chi connectivity index (χ3n) is 5.49. The summed E-state index contributed by atoms with van der Waals surface area (Å²) in [5, 5.41) is 8.80. The predicted octanol–water partition coefficient (Wildman–Crippen LogP) is 4.18. The maximum absolute atomic E-state index is 12.2. The molecule has 1 aliphatic heterocycles. The van der Waals surface area contributed by atoms with Crippen molar-refractivity contribution in [2.45, 2.75) is 56.0 Å². The number of nitrogens with zero attached hydrogens (tertiary/aromatic N) is 1. The first kappa shape index (κ1) is 25.9. The molecule has 1 aromatic heterocycles. The van der Waals surface area contributed by atoms with Gasteiger partial charge in [-0.1, -0.05) is 30.4 Å². The highest BCUT2D eigenvalue weighted by Gasteiger charge is 2.42. The lowest BCUT2D eigenvalue weighted by molar-refractivity contribution is -0.288. The van der Waals surface area contributed by atoms with Crippen LogP contribution in [0, 0.1) is 5.92 Å². The molecule has 0 spiro atoms. The van der Waals surface area contributed by atoms with E-state index >= 15 is 0 Å². The maximum Gasteiger partial charge on any atom is 0.303 e. The fourth-order valence-electron chi connectivity index (χ4n) is 3.80. The Kier molecular flexibility index (Phi) is 8.46. The van der Waals surface area contributed by atoms with E-state index in [-0.39, 0.29) is 29.1 Å². The van der Waals surface area contributed by atoms with Gasteiger partial charge in [0.2, 0.25) is 0 Å². The summed E-state index contributed by atoms with van der Waals surface area (Å²) in [5.41, 5.74) is -0.101. The van der Waals surface area contributed by atoms with Gasteiger partial charge in [-0.15, -0.1) is 0 Å². The molecule has 1 saturated heterocycles. The van der Waals surface area contributed by atoms with Crippen LogP contribution >= 0.6 is 0 Å². The van der Waals surface area contributed by atoms with Crippen molar-refractivity contribution in [1.29, 1.82) is 0 Å². The largest absolute Gasteiger partial charge is 0.481 e. The third kappa shape index (κ3) is 6.88. The van der Waals surface area contributed by atoms with Crippen molar-refractivity contribution in [1.82, 2.24) is 4.98 Å². The molecule has 1 aromatic carbocycles. The van der Waals surface area contributed by atoms with Crippen molar-refractivity contribution in [2.75, 3.05) is 12.9 Å². The summed E-state index contributed by atoms with van der Waals surface area (Å²) in [6.07, 6.45) is 8.49. The number of carboxylic acid groups (broad SMARTS) is 1. The van der Waals surface area contributed by atoms with Crippen LogP contribution in [0.3, 0.4) is 0 Å². The zero-order chi connectivity index (χ0) is 24.8. The number of rotatable bonds is 10. The van der Waals surface area contributed by atoms with Crippen LogP contribution in [0.15, 0.2) is 65.8 Å². The molecule has 0 saturated carbocycles. The van der Waals surface area contributed by atoms with Crippen molar-refractivity contribution >= 4 is 15.8 Å². The van der Waals surface area contributed by atoms with Crippen LogP contribution in [0.1, 0.15) is 44.8 Å². The van der Waals surface area contributed by atoms with Crippen molar-refractivity contribution in [2.24, 2.45) is 5.92 Å². The molecule has 1 N–H and O–H groups in total. The minimum absolute atomic E-state index is 0.0133. The minimum Gasteiger partial charge on any atom is -0.481 e. The predicted molar refractivity (Wildman–Crippen MR) is 126 cm³/mol. The van der Waals surface area contributed by atoms with Crippen molar-refractivity contribution in [3.63, 3.8) is 0 Å². The summed E-state index contributed by atoms with van der Waals surface area (Å²) < 4.78 is 43.0. The van der Waals surface area contributed by atoms with E-state index in [0.29, 0.717) is 19.4 Å². The Balaban J connectivity index is 1.77. The van der Waals surface area contributed by atoms with E-state index in [1.165, 1.54) is 6.07 Å². The van der Waals surface area contributed by atoms with Crippen LogP contribution in [0.5, 0.6) is 5.75 Å². The van der Waals surface area contributed by atoms with Crippen LogP contribution in [-0.2, 0) is 24.1 Å². The van der Waals surface area contributed by atoms with Gasteiger partial charge < -0.3 is 19.3 Å². The number of carboxylic acids is 1. The monoisotopic (exact) mass is 489 g/mol. The van der Waals surface area contributed by atoms with E-state index in [4.69, 9.17) is 19.3 Å². The van der Waals surface area contributed by atoms with Gasteiger partial charge in [0.25, 0.3) is 0 Å². The molecule has 2 aromatic rings. The number of para-hydroxylation sites is 1. The first-order chi connectivity index (χ1) is 16.1. The zero-order valence-electron chi connectivity index (χ0n) is 19.6. The average Bonchev–Trinajstić information content (AvgIpc) is 2.78. The number of hydrogen-bond acceptors (Lipinski definition) is 7. The van der Waals surface area contributed by atoms with Gasteiger partial charge in [0.1, 0.15) is 10.6 Å². The molecule has 0 radical (unpaired) electrons. The number of benzene rings is 1. The summed E-state index contributed by atoms with van der Waals surface area (Å²) in [6.45, 7) is 3.97. The number of carbonyl (C=O) groups is 1. The maximum atomic E-state index is 12.2. The molecule has 8 nitrogen and oxygen atoms in total. The van der Waals surface area contributed by atoms with Gasteiger partial charge in [0.05, 0.1) is 12.7 Å². The molecule has 1 aliphatic rings. The normalized spacial score (nSPS) is 21.4. The van der Waals surface area contributed by atoms with Gasteiger partial charge in [-0.2, -0.15) is 0 Å². The molecular weight excluding hydrogens is 458 g/mol. The van der Waals surface area contributed by atoms with Gasteiger partial charge in [0.15, 0.2) is 21.7 Å². The van der Waals surface area contributed by atoms with E-state index in [2.05, 4.69) is 4.98 Å². The summed E-state index contributed by atoms with van der Waals surface area (Å²) >= 11 is 0. The molecule has 9 heteroatoms. The summed E-state index contributed by atoms with van der Waals surface area (Å²) in [6, 6.07) is 10.3. The molecule has 0 bridgehead atoms. The highest BCUT2D eigenvalue weighted by atomic mass is 32.2. The van der Waals surface area contributed by atoms with Crippen molar-refractivity contribution in [3.8, 4) is 5.75 Å². The number of allylic oxidation sites excluding steroid dienone is 2. The Hall–Kier alpha value is -2.75. The Labute approximate surface area is 200 Å². The number of aliphatic carboxylic acids is 1. The highest BCUT2D eigenvalue weighted by molar-refractivity contribution is 7.90. The van der Waals surface area contributed by atoms with Gasteiger partial charge in [-0.3, -0.25) is 9.78 Å². The van der Waals surface area contributed by atoms with E-state index < -0.39 is 27.7 Å². The van der Waals surface area contributed by atoms with Crippen LogP contribution in [0.4, 0.5) is 0 Å². The summed E-state index contributed by atoms with van der Waals surface area (Å²) in [7, 11) is -3.48. The molecule has 1 fully saturated rings. The summed E-state index contributed by atoms with van der Waals surface area (Å²) in [5.74, 6) is -0.603. The van der Waals surface area contributed by atoms with Crippen molar-refractivity contribution < 1.29 is 32.5 Å². The second-order valence-corrected chi connectivity index (χ2v) is 10.8. The van der Waals surface area contributed by atoms with Gasteiger partial charge in [-0.05, 0) is 50.5 Å². The third-order valence-corrected chi connectivity index (χ3v) is 6.63. The van der Waals surface area contributed by atoms with Crippen molar-refractivity contribution in [3.05, 3.63) is 66.5 Å². The Morgan fingerprint density at radius 1 is 1.24 bits per heavy atom. The molecule has 0 amide bonds. The lowest BCUT2D eigenvalue weighted by Crippen LogP contribution is -2.50. The number of pyridine rings is 1. The fourth-order valence-corrected chi connectivity index (χ4v) is 4.60. The average molecular weight is 490 g/mol.